The number of aromatic nitrogens is 2. The number of carbonyl (C=O) groups excluding carboxylic acids is 2. The van der Waals surface area contributed by atoms with Crippen LogP contribution < -0.4 is 10.6 Å². The lowest BCUT2D eigenvalue weighted by Gasteiger charge is -2.11. The molecule has 0 unspecified atom stereocenters. The van der Waals surface area contributed by atoms with E-state index in [-0.39, 0.29) is 17.7 Å². The Morgan fingerprint density at radius 1 is 1.03 bits per heavy atom. The van der Waals surface area contributed by atoms with Crippen molar-refractivity contribution < 1.29 is 9.59 Å². The van der Waals surface area contributed by atoms with Gasteiger partial charge in [-0.1, -0.05) is 58.0 Å². The molecule has 30 heavy (non-hydrogen) atoms. The van der Waals surface area contributed by atoms with Gasteiger partial charge in [-0.15, -0.1) is 0 Å². The first-order valence-corrected chi connectivity index (χ1v) is 10.7. The van der Waals surface area contributed by atoms with Gasteiger partial charge in [0.2, 0.25) is 5.91 Å². The second-order valence-electron chi connectivity index (χ2n) is 7.67. The number of benzene rings is 1. The summed E-state index contributed by atoms with van der Waals surface area (Å²) in [6.07, 6.45) is 1.66. The third-order valence-electron chi connectivity index (χ3n) is 4.68. The van der Waals surface area contributed by atoms with E-state index in [0.29, 0.717) is 34.4 Å². The normalized spacial score (nSPS) is 11.0. The second kappa shape index (κ2) is 9.63. The summed E-state index contributed by atoms with van der Waals surface area (Å²) in [6, 6.07) is 13.6. The van der Waals surface area contributed by atoms with Crippen LogP contribution in [0.25, 0.3) is 11.4 Å². The van der Waals surface area contributed by atoms with E-state index < -0.39 is 0 Å². The van der Waals surface area contributed by atoms with Crippen LogP contribution in [-0.2, 0) is 11.3 Å². The molecule has 3 aromatic rings. The standard InChI is InChI=1S/C23H26N4O2S/c1-14(2)17-10-8-16(9-11-17)13-25-23(29)21-20(26-22(28)15(3)4)19(27-30-21)18-7-5-6-12-24-18/h5-12,14-15H,13H2,1-4H3,(H,25,29)(H,26,28). The van der Waals surface area contributed by atoms with Crippen molar-refractivity contribution in [3.63, 3.8) is 0 Å². The minimum Gasteiger partial charge on any atom is -0.347 e. The SMILES string of the molecule is CC(C)C(=O)Nc1c(-c2ccccn2)nsc1C(=O)NCc1ccc(C(C)C)cc1. The van der Waals surface area contributed by atoms with Gasteiger partial charge in [0, 0.05) is 18.7 Å². The minimum atomic E-state index is -0.276. The summed E-state index contributed by atoms with van der Waals surface area (Å²) in [5.41, 5.74) is 3.78. The van der Waals surface area contributed by atoms with Gasteiger partial charge in [-0.25, -0.2) is 0 Å². The summed E-state index contributed by atoms with van der Waals surface area (Å²) in [4.78, 5) is 29.9. The predicted octanol–water partition coefficient (Wildman–Crippen LogP) is 4.85. The molecule has 0 fully saturated rings. The molecule has 0 aliphatic carbocycles. The first kappa shape index (κ1) is 21.6. The van der Waals surface area contributed by atoms with Crippen molar-refractivity contribution in [2.45, 2.75) is 40.2 Å². The zero-order chi connectivity index (χ0) is 21.7. The van der Waals surface area contributed by atoms with Gasteiger partial charge in [0.1, 0.15) is 10.6 Å². The van der Waals surface area contributed by atoms with Crippen LogP contribution in [0, 0.1) is 5.92 Å². The molecule has 0 aliphatic heterocycles. The van der Waals surface area contributed by atoms with Crippen molar-refractivity contribution in [1.29, 1.82) is 0 Å². The maximum atomic E-state index is 12.9. The molecule has 156 valence electrons. The molecule has 0 aliphatic rings. The molecule has 2 amide bonds. The lowest BCUT2D eigenvalue weighted by atomic mass is 10.0. The average Bonchev–Trinajstić information content (AvgIpc) is 3.16. The van der Waals surface area contributed by atoms with Crippen LogP contribution in [0.2, 0.25) is 0 Å². The number of nitrogens with zero attached hydrogens (tertiary/aromatic N) is 2. The number of carbonyl (C=O) groups is 2. The highest BCUT2D eigenvalue weighted by Gasteiger charge is 2.24. The van der Waals surface area contributed by atoms with Crippen molar-refractivity contribution in [2.75, 3.05) is 5.32 Å². The minimum absolute atomic E-state index is 0.175. The van der Waals surface area contributed by atoms with Crippen LogP contribution in [0.1, 0.15) is 54.4 Å². The van der Waals surface area contributed by atoms with Gasteiger partial charge in [-0.3, -0.25) is 14.6 Å². The van der Waals surface area contributed by atoms with E-state index in [9.17, 15) is 9.59 Å². The van der Waals surface area contributed by atoms with Gasteiger partial charge in [-0.05, 0) is 40.7 Å². The Labute approximate surface area is 180 Å². The summed E-state index contributed by atoms with van der Waals surface area (Å²) >= 11 is 1.06. The maximum absolute atomic E-state index is 12.9. The van der Waals surface area contributed by atoms with Gasteiger partial charge >= 0.3 is 0 Å². The number of anilines is 1. The first-order chi connectivity index (χ1) is 14.4. The second-order valence-corrected chi connectivity index (χ2v) is 8.45. The van der Waals surface area contributed by atoms with E-state index in [1.165, 1.54) is 5.56 Å². The first-order valence-electron chi connectivity index (χ1n) is 9.95. The predicted molar refractivity (Wildman–Crippen MR) is 121 cm³/mol. The lowest BCUT2D eigenvalue weighted by molar-refractivity contribution is -0.118. The van der Waals surface area contributed by atoms with Gasteiger partial charge < -0.3 is 10.6 Å². The Morgan fingerprint density at radius 2 is 1.77 bits per heavy atom. The van der Waals surface area contributed by atoms with Crippen molar-refractivity contribution in [3.05, 3.63) is 64.7 Å². The topological polar surface area (TPSA) is 84.0 Å². The molecule has 0 spiro atoms. The molecular weight excluding hydrogens is 396 g/mol. The molecule has 0 radical (unpaired) electrons. The molecular formula is C23H26N4O2S. The Balaban J connectivity index is 1.82. The molecule has 3 rings (SSSR count). The molecule has 2 N–H and O–H groups in total. The van der Waals surface area contributed by atoms with Crippen LogP contribution in [0.15, 0.2) is 48.7 Å². The number of rotatable bonds is 7. The largest absolute Gasteiger partial charge is 0.347 e. The van der Waals surface area contributed by atoms with Gasteiger partial charge in [-0.2, -0.15) is 4.37 Å². The summed E-state index contributed by atoms with van der Waals surface area (Å²) in [5, 5.41) is 5.80. The quantitative estimate of drug-likeness (QED) is 0.570. The average molecular weight is 423 g/mol. The molecule has 0 atom stereocenters. The maximum Gasteiger partial charge on any atom is 0.265 e. The van der Waals surface area contributed by atoms with Crippen LogP contribution in [0.5, 0.6) is 0 Å². The Kier molecular flexibility index (Phi) is 6.95. The van der Waals surface area contributed by atoms with Crippen LogP contribution >= 0.6 is 11.5 Å². The number of amides is 2. The summed E-state index contributed by atoms with van der Waals surface area (Å²) in [7, 11) is 0. The fraction of sp³-hybridized carbons (Fsp3) is 0.304. The molecule has 7 heteroatoms. The van der Waals surface area contributed by atoms with Crippen molar-refractivity contribution in [2.24, 2.45) is 5.92 Å². The highest BCUT2D eigenvalue weighted by atomic mass is 32.1. The fourth-order valence-electron chi connectivity index (χ4n) is 2.79. The smallest absolute Gasteiger partial charge is 0.265 e. The Hall–Kier alpha value is -3.06. The lowest BCUT2D eigenvalue weighted by Crippen LogP contribution is -2.25. The molecule has 0 saturated heterocycles. The zero-order valence-electron chi connectivity index (χ0n) is 17.6. The van der Waals surface area contributed by atoms with Crippen molar-refractivity contribution in [3.8, 4) is 11.4 Å². The summed E-state index contributed by atoms with van der Waals surface area (Å²) < 4.78 is 4.41. The Morgan fingerprint density at radius 3 is 2.37 bits per heavy atom. The van der Waals surface area contributed by atoms with E-state index in [1.54, 1.807) is 32.2 Å². The summed E-state index contributed by atoms with van der Waals surface area (Å²) in [5.74, 6) is -0.216. The molecule has 2 heterocycles. The molecule has 1 aromatic carbocycles. The van der Waals surface area contributed by atoms with E-state index in [1.807, 2.05) is 18.2 Å². The van der Waals surface area contributed by atoms with E-state index in [4.69, 9.17) is 0 Å². The molecule has 0 bridgehead atoms. The highest BCUT2D eigenvalue weighted by molar-refractivity contribution is 7.09. The fourth-order valence-corrected chi connectivity index (χ4v) is 3.55. The number of hydrogen-bond donors (Lipinski definition) is 2. The molecule has 2 aromatic heterocycles. The van der Waals surface area contributed by atoms with Crippen molar-refractivity contribution in [1.82, 2.24) is 14.7 Å². The third kappa shape index (κ3) is 5.10. The highest BCUT2D eigenvalue weighted by Crippen LogP contribution is 2.32. The molecule has 0 saturated carbocycles. The zero-order valence-corrected chi connectivity index (χ0v) is 18.4. The van der Waals surface area contributed by atoms with Gasteiger partial charge in [0.25, 0.3) is 5.91 Å². The summed E-state index contributed by atoms with van der Waals surface area (Å²) in [6.45, 7) is 8.29. The van der Waals surface area contributed by atoms with Crippen LogP contribution in [0.3, 0.4) is 0 Å². The van der Waals surface area contributed by atoms with Gasteiger partial charge in [0.05, 0.1) is 11.4 Å². The van der Waals surface area contributed by atoms with Crippen molar-refractivity contribution >= 4 is 29.0 Å². The number of pyridine rings is 1. The van der Waals surface area contributed by atoms with Gasteiger partial charge in [0.15, 0.2) is 0 Å². The Bertz CT molecular complexity index is 1010. The van der Waals surface area contributed by atoms with Crippen LogP contribution in [0.4, 0.5) is 5.69 Å². The number of nitrogens with one attached hydrogen (secondary N) is 2. The van der Waals surface area contributed by atoms with E-state index >= 15 is 0 Å². The third-order valence-corrected chi connectivity index (χ3v) is 5.52. The molecule has 6 nitrogen and oxygen atoms in total. The van der Waals surface area contributed by atoms with E-state index in [2.05, 4.69) is 46.0 Å². The van der Waals surface area contributed by atoms with Crippen LogP contribution in [-0.4, -0.2) is 21.2 Å². The van der Waals surface area contributed by atoms with E-state index in [0.717, 1.165) is 17.1 Å². The monoisotopic (exact) mass is 422 g/mol. The number of hydrogen-bond acceptors (Lipinski definition) is 5.